The fourth-order valence-corrected chi connectivity index (χ4v) is 2.76. The highest BCUT2D eigenvalue weighted by Crippen LogP contribution is 2.35. The van der Waals surface area contributed by atoms with Gasteiger partial charge in [-0.15, -0.1) is 11.3 Å². The molecular weight excluding hydrogens is 250 g/mol. The smallest absolute Gasteiger partial charge is 0.283 e. The number of nitrogens with zero attached hydrogens (tertiary/aromatic N) is 2. The van der Waals surface area contributed by atoms with Crippen LogP contribution in [0.25, 0.3) is 0 Å². The third kappa shape index (κ3) is 1.95. The summed E-state index contributed by atoms with van der Waals surface area (Å²) in [7, 11) is 0. The van der Waals surface area contributed by atoms with Crippen molar-refractivity contribution < 1.29 is 9.47 Å². The van der Waals surface area contributed by atoms with E-state index in [4.69, 9.17) is 15.2 Å². The van der Waals surface area contributed by atoms with E-state index in [9.17, 15) is 0 Å². The maximum Gasteiger partial charge on any atom is 0.283 e. The Labute approximate surface area is 108 Å². The Hall–Kier alpha value is -1.95. The molecule has 0 unspecified atom stereocenters. The van der Waals surface area contributed by atoms with Gasteiger partial charge in [-0.2, -0.15) is 5.10 Å². The van der Waals surface area contributed by atoms with Crippen molar-refractivity contribution in [1.82, 2.24) is 9.78 Å². The quantitative estimate of drug-likeness (QED) is 0.922. The lowest BCUT2D eigenvalue weighted by atomic mass is 10.2. The average molecular weight is 263 g/mol. The van der Waals surface area contributed by atoms with Gasteiger partial charge in [0.25, 0.3) is 5.79 Å². The Bertz CT molecular complexity index is 580. The number of nitrogens with two attached hydrogens (primary N) is 1. The number of aromatic nitrogens is 2. The molecule has 3 heterocycles. The van der Waals surface area contributed by atoms with Gasteiger partial charge >= 0.3 is 0 Å². The molecule has 0 saturated heterocycles. The zero-order valence-corrected chi connectivity index (χ0v) is 10.7. The van der Waals surface area contributed by atoms with Gasteiger partial charge in [-0.05, 0) is 17.0 Å². The molecule has 0 fully saturated rings. The summed E-state index contributed by atoms with van der Waals surface area (Å²) in [6.07, 6.45) is 6.58. The van der Waals surface area contributed by atoms with Crippen LogP contribution >= 0.6 is 11.3 Å². The van der Waals surface area contributed by atoms with Gasteiger partial charge in [0.05, 0.1) is 23.3 Å². The van der Waals surface area contributed by atoms with Crippen molar-refractivity contribution in [1.29, 1.82) is 0 Å². The zero-order chi connectivity index (χ0) is 12.6. The molecule has 0 amide bonds. The van der Waals surface area contributed by atoms with E-state index in [0.717, 1.165) is 10.4 Å². The Morgan fingerprint density at radius 3 is 2.89 bits per heavy atom. The van der Waals surface area contributed by atoms with Gasteiger partial charge in [0.1, 0.15) is 12.5 Å². The molecule has 6 heteroatoms. The first-order chi connectivity index (χ1) is 8.66. The first-order valence-electron chi connectivity index (χ1n) is 5.52. The Morgan fingerprint density at radius 2 is 2.22 bits per heavy atom. The van der Waals surface area contributed by atoms with Crippen molar-refractivity contribution in [2.75, 3.05) is 5.73 Å². The Balaban J connectivity index is 1.77. The number of hydrogen-bond donors (Lipinski definition) is 1. The summed E-state index contributed by atoms with van der Waals surface area (Å²) in [6, 6.07) is 2.07. The molecule has 0 bridgehead atoms. The molecule has 1 aliphatic heterocycles. The molecule has 94 valence electrons. The predicted octanol–water partition coefficient (Wildman–Crippen LogP) is 2.27. The summed E-state index contributed by atoms with van der Waals surface area (Å²) >= 11 is 1.61. The van der Waals surface area contributed by atoms with E-state index in [0.29, 0.717) is 12.2 Å². The highest BCUT2D eigenvalue weighted by molar-refractivity contribution is 7.10. The lowest BCUT2D eigenvalue weighted by Crippen LogP contribution is -2.20. The summed E-state index contributed by atoms with van der Waals surface area (Å²) < 4.78 is 12.7. The molecule has 0 atom stereocenters. The van der Waals surface area contributed by atoms with Crippen LogP contribution in [-0.2, 0) is 21.8 Å². The van der Waals surface area contributed by atoms with E-state index in [2.05, 4.69) is 16.5 Å². The fourth-order valence-electron chi connectivity index (χ4n) is 1.81. The first kappa shape index (κ1) is 11.2. The van der Waals surface area contributed by atoms with Gasteiger partial charge in [0.15, 0.2) is 0 Å². The Morgan fingerprint density at radius 1 is 1.44 bits per heavy atom. The molecule has 2 aromatic rings. The van der Waals surface area contributed by atoms with Gasteiger partial charge in [-0.1, -0.05) is 0 Å². The minimum atomic E-state index is -0.688. The average Bonchev–Trinajstić information content (AvgIpc) is 3.02. The predicted molar refractivity (Wildman–Crippen MR) is 68.7 cm³/mol. The second-order valence-corrected chi connectivity index (χ2v) is 5.16. The second-order valence-electron chi connectivity index (χ2n) is 4.24. The van der Waals surface area contributed by atoms with Crippen molar-refractivity contribution in [2.45, 2.75) is 19.3 Å². The molecule has 0 saturated carbocycles. The van der Waals surface area contributed by atoms with E-state index in [1.807, 2.05) is 13.1 Å². The minimum Gasteiger partial charge on any atom is -0.452 e. The monoisotopic (exact) mass is 263 g/mol. The number of anilines is 1. The third-order valence-corrected chi connectivity index (χ3v) is 3.90. The topological polar surface area (TPSA) is 62.3 Å². The Kier molecular flexibility index (Phi) is 2.52. The normalized spacial score (nSPS) is 16.5. The standard InChI is InChI=1S/C12H13N3O2S/c1-12(16-2-3-17-12)11-4-9(8-18-11)6-15-7-10(13)5-14-15/h2-5,7-8H,6,13H2,1H3. The molecule has 3 rings (SSSR count). The van der Waals surface area contributed by atoms with E-state index in [-0.39, 0.29) is 0 Å². The van der Waals surface area contributed by atoms with Crippen LogP contribution < -0.4 is 5.73 Å². The van der Waals surface area contributed by atoms with Gasteiger partial charge in [-0.25, -0.2) is 0 Å². The van der Waals surface area contributed by atoms with E-state index < -0.39 is 5.79 Å². The van der Waals surface area contributed by atoms with Crippen LogP contribution in [0.4, 0.5) is 5.69 Å². The van der Waals surface area contributed by atoms with Crippen LogP contribution in [-0.4, -0.2) is 9.78 Å². The molecule has 2 aromatic heterocycles. The molecule has 0 spiro atoms. The number of nitrogen functional groups attached to an aromatic ring is 1. The fraction of sp³-hybridized carbons (Fsp3) is 0.250. The third-order valence-electron chi connectivity index (χ3n) is 2.74. The van der Waals surface area contributed by atoms with Gasteiger partial charge in [0.2, 0.25) is 0 Å². The molecule has 0 aliphatic carbocycles. The SMILES string of the molecule is CC1(c2cc(Cn3cc(N)cn3)cs2)OC=CO1. The van der Waals surface area contributed by atoms with Gasteiger partial charge < -0.3 is 15.2 Å². The molecule has 0 radical (unpaired) electrons. The van der Waals surface area contributed by atoms with Crippen molar-refractivity contribution >= 4 is 17.0 Å². The highest BCUT2D eigenvalue weighted by atomic mass is 32.1. The van der Waals surface area contributed by atoms with Crippen LogP contribution in [0.3, 0.4) is 0 Å². The number of hydrogen-bond acceptors (Lipinski definition) is 5. The van der Waals surface area contributed by atoms with Crippen molar-refractivity contribution in [3.63, 3.8) is 0 Å². The highest BCUT2D eigenvalue weighted by Gasteiger charge is 2.33. The number of rotatable bonds is 3. The van der Waals surface area contributed by atoms with E-state index >= 15 is 0 Å². The number of thiophene rings is 1. The summed E-state index contributed by atoms with van der Waals surface area (Å²) in [4.78, 5) is 1.03. The van der Waals surface area contributed by atoms with Crippen molar-refractivity contribution in [2.24, 2.45) is 0 Å². The molecule has 18 heavy (non-hydrogen) atoms. The second kappa shape index (κ2) is 4.06. The molecular formula is C12H13N3O2S. The summed E-state index contributed by atoms with van der Waals surface area (Å²) in [5.41, 5.74) is 7.45. The van der Waals surface area contributed by atoms with Crippen molar-refractivity contribution in [3.05, 3.63) is 46.8 Å². The molecule has 2 N–H and O–H groups in total. The largest absolute Gasteiger partial charge is 0.452 e. The van der Waals surface area contributed by atoms with Crippen LogP contribution in [0.15, 0.2) is 36.4 Å². The molecule has 0 aromatic carbocycles. The number of ether oxygens (including phenoxy) is 2. The molecule has 5 nitrogen and oxygen atoms in total. The summed E-state index contributed by atoms with van der Waals surface area (Å²) in [6.45, 7) is 2.59. The van der Waals surface area contributed by atoms with Crippen LogP contribution in [0, 0.1) is 0 Å². The maximum atomic E-state index is 5.63. The van der Waals surface area contributed by atoms with Crippen LogP contribution in [0.5, 0.6) is 0 Å². The minimum absolute atomic E-state index is 0.670. The van der Waals surface area contributed by atoms with Crippen LogP contribution in [0.2, 0.25) is 0 Å². The summed E-state index contributed by atoms with van der Waals surface area (Å²) in [5, 5.41) is 6.23. The first-order valence-corrected chi connectivity index (χ1v) is 6.40. The van der Waals surface area contributed by atoms with Crippen LogP contribution in [0.1, 0.15) is 17.4 Å². The van der Waals surface area contributed by atoms with E-state index in [1.54, 1.807) is 34.7 Å². The maximum absolute atomic E-state index is 5.63. The van der Waals surface area contributed by atoms with E-state index in [1.165, 1.54) is 0 Å². The zero-order valence-electron chi connectivity index (χ0n) is 9.87. The lowest BCUT2D eigenvalue weighted by Gasteiger charge is -2.20. The van der Waals surface area contributed by atoms with Crippen molar-refractivity contribution in [3.8, 4) is 0 Å². The lowest BCUT2D eigenvalue weighted by molar-refractivity contribution is -0.130. The molecule has 1 aliphatic rings. The van der Waals surface area contributed by atoms with Gasteiger partial charge in [-0.3, -0.25) is 4.68 Å². The van der Waals surface area contributed by atoms with Gasteiger partial charge in [0, 0.05) is 13.1 Å². The summed E-state index contributed by atoms with van der Waals surface area (Å²) in [5.74, 6) is -0.688.